The second-order valence-electron chi connectivity index (χ2n) is 2.71. The SMILES string of the molecule is CC.Cc1cnc2nc(C)[nH]c2c1. The van der Waals surface area contributed by atoms with Gasteiger partial charge < -0.3 is 4.98 Å². The van der Waals surface area contributed by atoms with E-state index in [1.54, 1.807) is 0 Å². The van der Waals surface area contributed by atoms with E-state index >= 15 is 0 Å². The lowest BCUT2D eigenvalue weighted by molar-refractivity contribution is 1.16. The molecule has 0 aliphatic rings. The van der Waals surface area contributed by atoms with Gasteiger partial charge in [-0.1, -0.05) is 13.8 Å². The summed E-state index contributed by atoms with van der Waals surface area (Å²) in [6, 6.07) is 2.04. The molecule has 13 heavy (non-hydrogen) atoms. The Morgan fingerprint density at radius 3 is 2.62 bits per heavy atom. The molecule has 0 saturated heterocycles. The number of hydrogen-bond donors (Lipinski definition) is 1. The van der Waals surface area contributed by atoms with E-state index in [9.17, 15) is 0 Å². The van der Waals surface area contributed by atoms with E-state index in [0.717, 1.165) is 22.6 Å². The van der Waals surface area contributed by atoms with Crippen LogP contribution in [0.15, 0.2) is 12.3 Å². The topological polar surface area (TPSA) is 41.6 Å². The molecule has 0 unspecified atom stereocenters. The molecular formula is C10H15N3. The molecule has 3 nitrogen and oxygen atoms in total. The van der Waals surface area contributed by atoms with Crippen LogP contribution in [0.5, 0.6) is 0 Å². The normalized spacial score (nSPS) is 9.54. The van der Waals surface area contributed by atoms with Gasteiger partial charge in [-0.3, -0.25) is 0 Å². The number of aromatic amines is 1. The molecule has 70 valence electrons. The van der Waals surface area contributed by atoms with E-state index in [2.05, 4.69) is 15.0 Å². The first-order valence-electron chi connectivity index (χ1n) is 4.55. The van der Waals surface area contributed by atoms with Gasteiger partial charge in [-0.25, -0.2) is 9.97 Å². The quantitative estimate of drug-likeness (QED) is 0.672. The van der Waals surface area contributed by atoms with Crippen molar-refractivity contribution in [1.82, 2.24) is 15.0 Å². The van der Waals surface area contributed by atoms with Crippen LogP contribution in [-0.4, -0.2) is 15.0 Å². The van der Waals surface area contributed by atoms with E-state index in [0.29, 0.717) is 0 Å². The van der Waals surface area contributed by atoms with Crippen LogP contribution >= 0.6 is 0 Å². The van der Waals surface area contributed by atoms with Crippen LogP contribution in [0.2, 0.25) is 0 Å². The van der Waals surface area contributed by atoms with E-state index in [1.807, 2.05) is 40.0 Å². The zero-order valence-corrected chi connectivity index (χ0v) is 8.55. The Hall–Kier alpha value is -1.38. The van der Waals surface area contributed by atoms with Gasteiger partial charge in [-0.05, 0) is 25.5 Å². The van der Waals surface area contributed by atoms with Crippen LogP contribution in [0.4, 0.5) is 0 Å². The Balaban J connectivity index is 0.000000396. The van der Waals surface area contributed by atoms with Crippen molar-refractivity contribution in [3.63, 3.8) is 0 Å². The van der Waals surface area contributed by atoms with Crippen LogP contribution < -0.4 is 0 Å². The average Bonchev–Trinajstić information content (AvgIpc) is 2.48. The molecule has 0 saturated carbocycles. The van der Waals surface area contributed by atoms with Gasteiger partial charge in [0.05, 0.1) is 5.52 Å². The third kappa shape index (κ3) is 2.05. The highest BCUT2D eigenvalue weighted by atomic mass is 15.0. The van der Waals surface area contributed by atoms with Crippen molar-refractivity contribution >= 4 is 11.2 Å². The molecule has 3 heteroatoms. The second kappa shape index (κ2) is 4.03. The third-order valence-electron chi connectivity index (χ3n) is 1.59. The molecule has 0 aliphatic carbocycles. The summed E-state index contributed by atoms with van der Waals surface area (Å²) in [5.41, 5.74) is 2.97. The summed E-state index contributed by atoms with van der Waals surface area (Å²) in [5, 5.41) is 0. The minimum Gasteiger partial charge on any atom is -0.341 e. The molecule has 0 aliphatic heterocycles. The minimum absolute atomic E-state index is 0.799. The van der Waals surface area contributed by atoms with Crippen LogP contribution in [-0.2, 0) is 0 Å². The van der Waals surface area contributed by atoms with Crippen LogP contribution in [0.3, 0.4) is 0 Å². The predicted octanol–water partition coefficient (Wildman–Crippen LogP) is 2.60. The van der Waals surface area contributed by atoms with Gasteiger partial charge in [0.15, 0.2) is 5.65 Å². The minimum atomic E-state index is 0.799. The summed E-state index contributed by atoms with van der Waals surface area (Å²) in [7, 11) is 0. The fourth-order valence-corrected chi connectivity index (χ4v) is 1.12. The van der Waals surface area contributed by atoms with Crippen LogP contribution in [0, 0.1) is 13.8 Å². The highest BCUT2D eigenvalue weighted by molar-refractivity contribution is 5.70. The number of pyridine rings is 1. The van der Waals surface area contributed by atoms with Gasteiger partial charge in [0.25, 0.3) is 0 Å². The number of hydrogen-bond acceptors (Lipinski definition) is 2. The Kier molecular flexibility index (Phi) is 3.01. The number of imidazole rings is 1. The van der Waals surface area contributed by atoms with Crippen molar-refractivity contribution in [2.24, 2.45) is 0 Å². The second-order valence-corrected chi connectivity index (χ2v) is 2.71. The molecule has 2 aromatic rings. The summed E-state index contributed by atoms with van der Waals surface area (Å²) in [5.74, 6) is 0.915. The Morgan fingerprint density at radius 2 is 1.92 bits per heavy atom. The summed E-state index contributed by atoms with van der Waals surface area (Å²) in [6.07, 6.45) is 1.82. The van der Waals surface area contributed by atoms with Crippen molar-refractivity contribution in [3.8, 4) is 0 Å². The summed E-state index contributed by atoms with van der Waals surface area (Å²) in [6.45, 7) is 7.94. The number of fused-ring (bicyclic) bond motifs is 1. The molecule has 2 heterocycles. The van der Waals surface area contributed by atoms with Crippen molar-refractivity contribution in [1.29, 1.82) is 0 Å². The number of nitrogens with one attached hydrogen (secondary N) is 1. The fraction of sp³-hybridized carbons (Fsp3) is 0.400. The maximum absolute atomic E-state index is 4.19. The first-order valence-corrected chi connectivity index (χ1v) is 4.55. The summed E-state index contributed by atoms with van der Waals surface area (Å²) < 4.78 is 0. The molecule has 2 aromatic heterocycles. The van der Waals surface area contributed by atoms with Crippen LogP contribution in [0.1, 0.15) is 25.2 Å². The average molecular weight is 177 g/mol. The number of H-pyrrole nitrogens is 1. The number of nitrogens with zero attached hydrogens (tertiary/aromatic N) is 2. The predicted molar refractivity (Wildman–Crippen MR) is 54.7 cm³/mol. The standard InChI is InChI=1S/C8H9N3.C2H6/c1-5-3-7-8(9-4-5)11-6(2)10-7;1-2/h3-4H,1-2H3,(H,9,10,11);1-2H3. The van der Waals surface area contributed by atoms with E-state index in [-0.39, 0.29) is 0 Å². The van der Waals surface area contributed by atoms with Crippen molar-refractivity contribution < 1.29 is 0 Å². The number of aryl methyl sites for hydroxylation is 2. The van der Waals surface area contributed by atoms with Crippen molar-refractivity contribution in [2.75, 3.05) is 0 Å². The van der Waals surface area contributed by atoms with Crippen molar-refractivity contribution in [3.05, 3.63) is 23.7 Å². The molecule has 0 spiro atoms. The lowest BCUT2D eigenvalue weighted by atomic mass is 10.3. The first kappa shape index (κ1) is 9.71. The molecule has 0 radical (unpaired) electrons. The van der Waals surface area contributed by atoms with Gasteiger partial charge in [0.2, 0.25) is 0 Å². The highest BCUT2D eigenvalue weighted by Crippen LogP contribution is 2.08. The maximum Gasteiger partial charge on any atom is 0.177 e. The number of rotatable bonds is 0. The van der Waals surface area contributed by atoms with Gasteiger partial charge in [-0.15, -0.1) is 0 Å². The molecule has 0 aromatic carbocycles. The summed E-state index contributed by atoms with van der Waals surface area (Å²) in [4.78, 5) is 11.5. The molecule has 0 bridgehead atoms. The van der Waals surface area contributed by atoms with Crippen molar-refractivity contribution in [2.45, 2.75) is 27.7 Å². The van der Waals surface area contributed by atoms with Gasteiger partial charge in [0, 0.05) is 6.20 Å². The molecule has 1 N–H and O–H groups in total. The highest BCUT2D eigenvalue weighted by Gasteiger charge is 1.98. The Morgan fingerprint density at radius 1 is 1.23 bits per heavy atom. The lowest BCUT2D eigenvalue weighted by Crippen LogP contribution is -1.77. The third-order valence-corrected chi connectivity index (χ3v) is 1.59. The monoisotopic (exact) mass is 177 g/mol. The van der Waals surface area contributed by atoms with Gasteiger partial charge in [-0.2, -0.15) is 0 Å². The molecule has 0 amide bonds. The Bertz CT molecular complexity index is 390. The zero-order valence-electron chi connectivity index (χ0n) is 8.55. The molecular weight excluding hydrogens is 162 g/mol. The fourth-order valence-electron chi connectivity index (χ4n) is 1.12. The smallest absolute Gasteiger partial charge is 0.177 e. The van der Waals surface area contributed by atoms with E-state index in [1.165, 1.54) is 0 Å². The maximum atomic E-state index is 4.19. The lowest BCUT2D eigenvalue weighted by Gasteiger charge is -1.88. The largest absolute Gasteiger partial charge is 0.341 e. The molecule has 2 rings (SSSR count). The van der Waals surface area contributed by atoms with Gasteiger partial charge >= 0.3 is 0 Å². The molecule has 0 fully saturated rings. The number of aromatic nitrogens is 3. The van der Waals surface area contributed by atoms with Crippen LogP contribution in [0.25, 0.3) is 11.2 Å². The summed E-state index contributed by atoms with van der Waals surface area (Å²) >= 11 is 0. The zero-order chi connectivity index (χ0) is 9.84. The Labute approximate surface area is 78.2 Å². The first-order chi connectivity index (χ1) is 6.25. The van der Waals surface area contributed by atoms with E-state index < -0.39 is 0 Å². The van der Waals surface area contributed by atoms with Gasteiger partial charge in [0.1, 0.15) is 5.82 Å². The van der Waals surface area contributed by atoms with E-state index in [4.69, 9.17) is 0 Å². The molecule has 0 atom stereocenters.